The highest BCUT2D eigenvalue weighted by atomic mass is 19.1. The van der Waals surface area contributed by atoms with Crippen LogP contribution in [0.4, 0.5) is 15.8 Å². The Morgan fingerprint density at radius 2 is 1.76 bits per heavy atom. The molecule has 34 heavy (non-hydrogen) atoms. The van der Waals surface area contributed by atoms with Crippen LogP contribution in [0.25, 0.3) is 0 Å². The summed E-state index contributed by atoms with van der Waals surface area (Å²) in [5.74, 6) is -0.981. The second-order valence-corrected chi connectivity index (χ2v) is 8.24. The SMILES string of the molecule is COCCCNC(=O)c1cc(NC(=O)c2ccc(F)cc2)ccc1N1CCc2ccccc2C1. The molecule has 0 saturated heterocycles. The molecule has 4 rings (SSSR count). The van der Waals surface area contributed by atoms with Gasteiger partial charge in [-0.2, -0.15) is 0 Å². The van der Waals surface area contributed by atoms with Gasteiger partial charge in [0.1, 0.15) is 5.82 Å². The Morgan fingerprint density at radius 3 is 2.53 bits per heavy atom. The van der Waals surface area contributed by atoms with Crippen molar-refractivity contribution in [2.75, 3.05) is 37.0 Å². The monoisotopic (exact) mass is 461 g/mol. The molecule has 0 bridgehead atoms. The number of benzene rings is 3. The molecule has 7 heteroatoms. The first-order valence-electron chi connectivity index (χ1n) is 11.3. The van der Waals surface area contributed by atoms with E-state index in [2.05, 4.69) is 27.7 Å². The number of carbonyl (C=O) groups is 2. The zero-order valence-corrected chi connectivity index (χ0v) is 19.1. The molecule has 1 heterocycles. The van der Waals surface area contributed by atoms with Crippen molar-refractivity contribution >= 4 is 23.2 Å². The van der Waals surface area contributed by atoms with Gasteiger partial charge in [-0.15, -0.1) is 0 Å². The van der Waals surface area contributed by atoms with Crippen molar-refractivity contribution < 1.29 is 18.7 Å². The third-order valence-corrected chi connectivity index (χ3v) is 5.89. The number of rotatable bonds is 8. The number of hydrogen-bond acceptors (Lipinski definition) is 4. The van der Waals surface area contributed by atoms with Gasteiger partial charge in [0.05, 0.1) is 5.56 Å². The van der Waals surface area contributed by atoms with Gasteiger partial charge in [-0.1, -0.05) is 24.3 Å². The lowest BCUT2D eigenvalue weighted by Gasteiger charge is -2.32. The van der Waals surface area contributed by atoms with Crippen LogP contribution >= 0.6 is 0 Å². The number of nitrogens with zero attached hydrogens (tertiary/aromatic N) is 1. The first-order chi connectivity index (χ1) is 16.5. The van der Waals surface area contributed by atoms with Gasteiger partial charge >= 0.3 is 0 Å². The van der Waals surface area contributed by atoms with E-state index in [0.29, 0.717) is 42.9 Å². The molecule has 0 aliphatic carbocycles. The fourth-order valence-electron chi connectivity index (χ4n) is 4.09. The molecule has 0 unspecified atom stereocenters. The maximum absolute atomic E-state index is 13.2. The fourth-order valence-corrected chi connectivity index (χ4v) is 4.09. The van der Waals surface area contributed by atoms with Gasteiger partial charge in [0.25, 0.3) is 11.8 Å². The molecule has 2 N–H and O–H groups in total. The number of fused-ring (bicyclic) bond motifs is 1. The Labute approximate surface area is 198 Å². The van der Waals surface area contributed by atoms with Crippen LogP contribution in [0.2, 0.25) is 0 Å². The lowest BCUT2D eigenvalue weighted by Crippen LogP contribution is -2.33. The smallest absolute Gasteiger partial charge is 0.255 e. The zero-order chi connectivity index (χ0) is 23.9. The number of carbonyl (C=O) groups excluding carboxylic acids is 2. The lowest BCUT2D eigenvalue weighted by atomic mass is 9.98. The van der Waals surface area contributed by atoms with Crippen molar-refractivity contribution in [3.63, 3.8) is 0 Å². The molecule has 3 aromatic rings. The summed E-state index contributed by atoms with van der Waals surface area (Å²) in [4.78, 5) is 27.9. The van der Waals surface area contributed by atoms with Crippen LogP contribution in [0, 0.1) is 5.82 Å². The summed E-state index contributed by atoms with van der Waals surface area (Å²) < 4.78 is 18.3. The van der Waals surface area contributed by atoms with Gasteiger partial charge in [-0.25, -0.2) is 4.39 Å². The molecular weight excluding hydrogens is 433 g/mol. The van der Waals surface area contributed by atoms with E-state index in [1.165, 1.54) is 35.4 Å². The number of ether oxygens (including phenoxy) is 1. The van der Waals surface area contributed by atoms with Crippen LogP contribution in [0.15, 0.2) is 66.7 Å². The van der Waals surface area contributed by atoms with E-state index in [9.17, 15) is 14.0 Å². The highest BCUT2D eigenvalue weighted by Crippen LogP contribution is 2.30. The summed E-state index contributed by atoms with van der Waals surface area (Å²) in [6, 6.07) is 19.0. The molecule has 1 aliphatic rings. The molecule has 0 saturated carbocycles. The molecule has 2 amide bonds. The minimum Gasteiger partial charge on any atom is -0.385 e. The molecule has 6 nitrogen and oxygen atoms in total. The van der Waals surface area contributed by atoms with Crippen molar-refractivity contribution in [2.45, 2.75) is 19.4 Å². The lowest BCUT2D eigenvalue weighted by molar-refractivity contribution is 0.0947. The average molecular weight is 462 g/mol. The van der Waals surface area contributed by atoms with E-state index in [0.717, 1.165) is 18.7 Å². The number of nitrogens with one attached hydrogen (secondary N) is 2. The second kappa shape index (κ2) is 10.9. The Bertz CT molecular complexity index is 1160. The minimum absolute atomic E-state index is 0.206. The number of amides is 2. The molecular formula is C27H28FN3O3. The highest BCUT2D eigenvalue weighted by molar-refractivity contribution is 6.06. The van der Waals surface area contributed by atoms with E-state index < -0.39 is 5.82 Å². The molecule has 1 aliphatic heterocycles. The predicted octanol–water partition coefficient (Wildman–Crippen LogP) is 4.41. The summed E-state index contributed by atoms with van der Waals surface area (Å²) in [6.45, 7) is 2.55. The third kappa shape index (κ3) is 5.61. The third-order valence-electron chi connectivity index (χ3n) is 5.89. The molecule has 0 fully saturated rings. The maximum Gasteiger partial charge on any atom is 0.255 e. The Balaban J connectivity index is 1.58. The van der Waals surface area contributed by atoms with Gasteiger partial charge in [0, 0.05) is 50.3 Å². The normalized spacial score (nSPS) is 12.7. The van der Waals surface area contributed by atoms with Crippen molar-refractivity contribution in [1.82, 2.24) is 5.32 Å². The summed E-state index contributed by atoms with van der Waals surface area (Å²) in [5.41, 5.74) is 4.72. The first-order valence-corrected chi connectivity index (χ1v) is 11.3. The van der Waals surface area contributed by atoms with E-state index in [1.54, 1.807) is 19.2 Å². The predicted molar refractivity (Wildman–Crippen MR) is 131 cm³/mol. The standard InChI is InChI=1S/C27H28FN3O3/c1-34-16-4-14-29-27(33)24-17-23(30-26(32)20-7-9-22(28)10-8-20)11-12-25(24)31-15-13-19-5-2-3-6-21(19)18-31/h2-3,5-12,17H,4,13-16,18H2,1H3,(H,29,33)(H,30,32). The zero-order valence-electron chi connectivity index (χ0n) is 19.1. The number of methoxy groups -OCH3 is 1. The van der Waals surface area contributed by atoms with Crippen molar-refractivity contribution in [1.29, 1.82) is 0 Å². The molecule has 0 spiro atoms. The van der Waals surface area contributed by atoms with E-state index in [-0.39, 0.29) is 11.8 Å². The Hall–Kier alpha value is -3.71. The topological polar surface area (TPSA) is 70.7 Å². The van der Waals surface area contributed by atoms with Gasteiger partial charge in [-0.05, 0) is 66.4 Å². The first kappa shape index (κ1) is 23.4. The fraction of sp³-hybridized carbons (Fsp3) is 0.259. The van der Waals surface area contributed by atoms with Gasteiger partial charge < -0.3 is 20.3 Å². The van der Waals surface area contributed by atoms with Crippen LogP contribution in [-0.4, -0.2) is 38.6 Å². The van der Waals surface area contributed by atoms with Crippen molar-refractivity contribution in [3.8, 4) is 0 Å². The average Bonchev–Trinajstić information content (AvgIpc) is 2.86. The second-order valence-electron chi connectivity index (χ2n) is 8.24. The molecule has 0 aromatic heterocycles. The van der Waals surface area contributed by atoms with Crippen LogP contribution in [-0.2, 0) is 17.7 Å². The summed E-state index contributed by atoms with van der Waals surface area (Å²) in [5, 5.41) is 5.77. The highest BCUT2D eigenvalue weighted by Gasteiger charge is 2.22. The maximum atomic E-state index is 13.2. The van der Waals surface area contributed by atoms with E-state index >= 15 is 0 Å². The van der Waals surface area contributed by atoms with Crippen LogP contribution < -0.4 is 15.5 Å². The molecule has 0 radical (unpaired) electrons. The summed E-state index contributed by atoms with van der Waals surface area (Å²) in [7, 11) is 1.63. The molecule has 3 aromatic carbocycles. The van der Waals surface area contributed by atoms with Crippen LogP contribution in [0.3, 0.4) is 0 Å². The van der Waals surface area contributed by atoms with Crippen LogP contribution in [0.1, 0.15) is 38.3 Å². The Morgan fingerprint density at radius 1 is 1.00 bits per heavy atom. The van der Waals surface area contributed by atoms with E-state index in [1.807, 2.05) is 18.2 Å². The number of hydrogen-bond donors (Lipinski definition) is 2. The molecule has 0 atom stereocenters. The summed E-state index contributed by atoms with van der Waals surface area (Å²) in [6.07, 6.45) is 1.60. The van der Waals surface area contributed by atoms with Crippen molar-refractivity contribution in [3.05, 3.63) is 94.8 Å². The Kier molecular flexibility index (Phi) is 7.54. The quantitative estimate of drug-likeness (QED) is 0.488. The minimum atomic E-state index is -0.406. The van der Waals surface area contributed by atoms with Crippen LogP contribution in [0.5, 0.6) is 0 Å². The summed E-state index contributed by atoms with van der Waals surface area (Å²) >= 11 is 0. The largest absolute Gasteiger partial charge is 0.385 e. The van der Waals surface area contributed by atoms with Crippen molar-refractivity contribution in [2.24, 2.45) is 0 Å². The van der Waals surface area contributed by atoms with E-state index in [4.69, 9.17) is 4.74 Å². The number of anilines is 2. The van der Waals surface area contributed by atoms with Gasteiger partial charge in [0.2, 0.25) is 0 Å². The van der Waals surface area contributed by atoms with Gasteiger partial charge in [0.15, 0.2) is 0 Å². The number of halogens is 1. The molecule has 176 valence electrons. The van der Waals surface area contributed by atoms with Gasteiger partial charge in [-0.3, -0.25) is 9.59 Å².